The Labute approximate surface area is 201 Å². The molecular weight excluding hydrogens is 470 g/mol. The number of carboxylic acids is 1. The predicted molar refractivity (Wildman–Crippen MR) is 125 cm³/mol. The van der Waals surface area contributed by atoms with Gasteiger partial charge < -0.3 is 19.4 Å². The number of amides is 1. The van der Waals surface area contributed by atoms with Gasteiger partial charge in [0.25, 0.3) is 21.5 Å². The number of aromatic carboxylic acids is 1. The Balaban J connectivity index is 1.40. The summed E-state index contributed by atoms with van der Waals surface area (Å²) >= 11 is 0. The third-order valence-corrected chi connectivity index (χ3v) is 7.92. The number of sulfonamides is 1. The van der Waals surface area contributed by atoms with Crippen molar-refractivity contribution >= 4 is 27.6 Å². The number of nitrogens with one attached hydrogen (secondary N) is 1. The fraction of sp³-hybridized carbons (Fsp3) is 0.240. The van der Waals surface area contributed by atoms with Crippen LogP contribution >= 0.6 is 0 Å². The molecule has 0 unspecified atom stereocenters. The van der Waals surface area contributed by atoms with E-state index in [9.17, 15) is 27.9 Å². The highest BCUT2D eigenvalue weighted by Gasteiger charge is 2.37. The van der Waals surface area contributed by atoms with Gasteiger partial charge in [-0.25, -0.2) is 8.42 Å². The number of carbonyl (C=O) groups is 2. The maximum Gasteiger partial charge on any atom is 0.275 e. The summed E-state index contributed by atoms with van der Waals surface area (Å²) in [5.74, 6) is -1.70. The summed E-state index contributed by atoms with van der Waals surface area (Å²) in [6.45, 7) is 1.14. The molecule has 35 heavy (non-hydrogen) atoms. The molecular formula is C25H22N3O6S-. The summed E-state index contributed by atoms with van der Waals surface area (Å²) in [4.78, 5) is 39.2. The van der Waals surface area contributed by atoms with Crippen LogP contribution in [0.4, 0.5) is 5.69 Å². The summed E-state index contributed by atoms with van der Waals surface area (Å²) in [5, 5.41) is 11.2. The van der Waals surface area contributed by atoms with Gasteiger partial charge >= 0.3 is 0 Å². The van der Waals surface area contributed by atoms with Crippen molar-refractivity contribution in [1.29, 1.82) is 0 Å². The van der Waals surface area contributed by atoms with Crippen LogP contribution in [0.15, 0.2) is 76.4 Å². The van der Waals surface area contributed by atoms with Gasteiger partial charge in [-0.15, -0.1) is 0 Å². The molecule has 3 aromatic rings. The highest BCUT2D eigenvalue weighted by Crippen LogP contribution is 2.36. The standard InChI is InChI=1S/C25H23N3O6S/c29-23(17-5-4-6-18(12-17)25(31)32)27-13-16-11-19(15-27)22-10-9-21(24(30)28(22)14-16)26-35(33,34)20-7-2-1-3-8-20/h1-10,12,16,19,26H,11,13-15H2,(H,31,32)/p-1/t16-,19+/m0/s1. The molecule has 2 aromatic carbocycles. The first-order chi connectivity index (χ1) is 16.7. The number of piperidine rings is 1. The zero-order valence-corrected chi connectivity index (χ0v) is 19.4. The molecule has 1 aromatic heterocycles. The molecule has 1 amide bonds. The largest absolute Gasteiger partial charge is 0.545 e. The van der Waals surface area contributed by atoms with Gasteiger partial charge in [0.05, 0.1) is 10.9 Å². The van der Waals surface area contributed by atoms with Crippen LogP contribution in [0.2, 0.25) is 0 Å². The second kappa shape index (κ2) is 8.70. The number of rotatable bonds is 5. The predicted octanol–water partition coefficient (Wildman–Crippen LogP) is 1.27. The number of hydrogen-bond donors (Lipinski definition) is 1. The first-order valence-electron chi connectivity index (χ1n) is 11.2. The van der Waals surface area contributed by atoms with Gasteiger partial charge in [0.15, 0.2) is 0 Å². The van der Waals surface area contributed by atoms with Crippen molar-refractivity contribution in [3.05, 3.63) is 93.9 Å². The molecule has 2 atom stereocenters. The number of anilines is 1. The van der Waals surface area contributed by atoms with E-state index in [0.717, 1.165) is 12.1 Å². The molecule has 2 bridgehead atoms. The van der Waals surface area contributed by atoms with Crippen molar-refractivity contribution in [2.24, 2.45) is 5.92 Å². The summed E-state index contributed by atoms with van der Waals surface area (Å²) in [6, 6.07) is 16.8. The van der Waals surface area contributed by atoms with E-state index < -0.39 is 21.6 Å². The molecule has 0 saturated carbocycles. The highest BCUT2D eigenvalue weighted by atomic mass is 32.2. The van der Waals surface area contributed by atoms with Gasteiger partial charge in [0.2, 0.25) is 0 Å². The molecule has 3 heterocycles. The molecule has 9 nitrogen and oxygen atoms in total. The van der Waals surface area contributed by atoms with Crippen LogP contribution < -0.4 is 15.4 Å². The zero-order chi connectivity index (χ0) is 24.7. The van der Waals surface area contributed by atoms with E-state index in [2.05, 4.69) is 4.72 Å². The Bertz CT molecular complexity index is 1480. The van der Waals surface area contributed by atoms with Gasteiger partial charge in [0.1, 0.15) is 5.69 Å². The summed E-state index contributed by atoms with van der Waals surface area (Å²) in [6.07, 6.45) is 0.803. The lowest BCUT2D eigenvalue weighted by molar-refractivity contribution is -0.255. The molecule has 1 N–H and O–H groups in total. The molecule has 0 spiro atoms. The van der Waals surface area contributed by atoms with Gasteiger partial charge in [-0.1, -0.05) is 30.3 Å². The maximum atomic E-state index is 13.2. The van der Waals surface area contributed by atoms with Crippen molar-refractivity contribution in [1.82, 2.24) is 9.47 Å². The molecule has 0 radical (unpaired) electrons. The fourth-order valence-corrected chi connectivity index (χ4v) is 6.03. The normalized spacial score (nSPS) is 19.0. The Hall–Kier alpha value is -3.92. The smallest absolute Gasteiger partial charge is 0.275 e. The number of aromatic nitrogens is 1. The van der Waals surface area contributed by atoms with E-state index in [-0.39, 0.29) is 39.5 Å². The molecule has 2 aliphatic heterocycles. The van der Waals surface area contributed by atoms with Crippen molar-refractivity contribution < 1.29 is 23.1 Å². The van der Waals surface area contributed by atoms with Crippen molar-refractivity contribution in [3.8, 4) is 0 Å². The molecule has 0 aliphatic carbocycles. The van der Waals surface area contributed by atoms with Crippen LogP contribution in [0, 0.1) is 5.92 Å². The van der Waals surface area contributed by atoms with E-state index in [4.69, 9.17) is 0 Å². The van der Waals surface area contributed by atoms with E-state index in [1.54, 1.807) is 39.8 Å². The SMILES string of the molecule is O=C([O-])c1cccc(C(=O)N2C[C@@H]3C[C@H](C2)c2ccc(NS(=O)(=O)c4ccccc4)c(=O)n2C3)c1. The van der Waals surface area contributed by atoms with Crippen LogP contribution in [-0.4, -0.2) is 42.9 Å². The molecule has 1 saturated heterocycles. The number of hydrogen-bond acceptors (Lipinski definition) is 6. The molecule has 5 rings (SSSR count). The zero-order valence-electron chi connectivity index (χ0n) is 18.6. The minimum Gasteiger partial charge on any atom is -0.545 e. The number of likely N-dealkylation sites (tertiary alicyclic amines) is 1. The van der Waals surface area contributed by atoms with E-state index in [1.165, 1.54) is 36.4 Å². The average Bonchev–Trinajstić information content (AvgIpc) is 2.86. The van der Waals surface area contributed by atoms with Gasteiger partial charge in [0, 0.05) is 36.8 Å². The summed E-state index contributed by atoms with van der Waals surface area (Å²) in [7, 11) is -3.90. The first-order valence-corrected chi connectivity index (χ1v) is 12.6. The van der Waals surface area contributed by atoms with Crippen LogP contribution in [0.3, 0.4) is 0 Å². The molecule has 2 aliphatic rings. The lowest BCUT2D eigenvalue weighted by atomic mass is 9.83. The lowest BCUT2D eigenvalue weighted by Crippen LogP contribution is -2.49. The first kappa shape index (κ1) is 22.9. The van der Waals surface area contributed by atoms with Crippen LogP contribution in [0.5, 0.6) is 0 Å². The molecule has 180 valence electrons. The van der Waals surface area contributed by atoms with Crippen molar-refractivity contribution in [2.75, 3.05) is 17.8 Å². The maximum absolute atomic E-state index is 13.2. The quantitative estimate of drug-likeness (QED) is 0.571. The van der Waals surface area contributed by atoms with Crippen LogP contribution in [-0.2, 0) is 16.6 Å². The Kier molecular flexibility index (Phi) is 5.68. The fourth-order valence-electron chi connectivity index (χ4n) is 4.95. The molecule has 1 fully saturated rings. The minimum atomic E-state index is -3.90. The number of carboxylic acid groups (broad SMARTS) is 1. The third-order valence-electron chi connectivity index (χ3n) is 6.53. The Morgan fingerprint density at radius 2 is 1.66 bits per heavy atom. The Morgan fingerprint density at radius 3 is 2.40 bits per heavy atom. The third kappa shape index (κ3) is 4.32. The number of nitrogens with zero attached hydrogens (tertiary/aromatic N) is 2. The number of pyridine rings is 1. The molecule has 10 heteroatoms. The van der Waals surface area contributed by atoms with Crippen molar-refractivity contribution in [3.63, 3.8) is 0 Å². The number of fused-ring (bicyclic) bond motifs is 4. The van der Waals surface area contributed by atoms with E-state index in [1.807, 2.05) is 0 Å². The topological polar surface area (TPSA) is 129 Å². The average molecular weight is 493 g/mol. The second-order valence-corrected chi connectivity index (χ2v) is 10.6. The van der Waals surface area contributed by atoms with Crippen LogP contribution in [0.25, 0.3) is 0 Å². The van der Waals surface area contributed by atoms with E-state index >= 15 is 0 Å². The Morgan fingerprint density at radius 1 is 0.914 bits per heavy atom. The van der Waals surface area contributed by atoms with Crippen molar-refractivity contribution in [2.45, 2.75) is 23.8 Å². The second-order valence-electron chi connectivity index (χ2n) is 8.88. The van der Waals surface area contributed by atoms with Gasteiger partial charge in [-0.2, -0.15) is 0 Å². The summed E-state index contributed by atoms with van der Waals surface area (Å²) < 4.78 is 29.4. The van der Waals surface area contributed by atoms with E-state index in [0.29, 0.717) is 19.6 Å². The monoisotopic (exact) mass is 492 g/mol. The van der Waals surface area contributed by atoms with Crippen LogP contribution in [0.1, 0.15) is 38.7 Å². The highest BCUT2D eigenvalue weighted by molar-refractivity contribution is 7.92. The lowest BCUT2D eigenvalue weighted by Gasteiger charge is -2.43. The summed E-state index contributed by atoms with van der Waals surface area (Å²) in [5.41, 5.74) is 0.516. The number of carbonyl (C=O) groups excluding carboxylic acids is 2. The van der Waals surface area contributed by atoms with Gasteiger partial charge in [-0.3, -0.25) is 14.3 Å². The van der Waals surface area contributed by atoms with Gasteiger partial charge in [-0.05, 0) is 54.3 Å². The number of benzene rings is 2. The minimum absolute atomic E-state index is 0.00760.